The maximum absolute atomic E-state index is 4.97. The Bertz CT molecular complexity index is 2320. The summed E-state index contributed by atoms with van der Waals surface area (Å²) in [5, 5.41) is 6.35. The van der Waals surface area contributed by atoms with Crippen LogP contribution in [-0.4, -0.2) is 29.5 Å². The van der Waals surface area contributed by atoms with Gasteiger partial charge in [-0.05, 0) is 61.2 Å². The number of allylic oxidation sites excluding steroid dienone is 3. The van der Waals surface area contributed by atoms with Gasteiger partial charge >= 0.3 is 0 Å². The Morgan fingerprint density at radius 3 is 2.18 bits per heavy atom. The number of rotatable bonds is 8. The molecule has 1 unspecified atom stereocenters. The highest BCUT2D eigenvalue weighted by atomic mass is 15.0. The molecule has 1 N–H and O–H groups in total. The first kappa shape index (κ1) is 32.5. The van der Waals surface area contributed by atoms with Crippen LogP contribution in [0.4, 0.5) is 5.69 Å². The van der Waals surface area contributed by atoms with Gasteiger partial charge in [-0.2, -0.15) is 0 Å². The van der Waals surface area contributed by atoms with Crippen LogP contribution in [0.15, 0.2) is 173 Å². The third-order valence-electron chi connectivity index (χ3n) is 9.54. The molecule has 2 heterocycles. The monoisotopic (exact) mass is 651 g/mol. The number of amidine groups is 2. The summed E-state index contributed by atoms with van der Waals surface area (Å²) in [5.74, 6) is 1.11. The quantitative estimate of drug-likeness (QED) is 0.0994. The topological polar surface area (TPSA) is 54.0 Å². The minimum absolute atomic E-state index is 0.150. The Hall–Kier alpha value is -6.07. The third-order valence-corrected chi connectivity index (χ3v) is 9.54. The molecule has 50 heavy (non-hydrogen) atoms. The second-order valence-electron chi connectivity index (χ2n) is 13.1. The molecule has 7 rings (SSSR count). The number of hydrogen-bond acceptors (Lipinski definition) is 2. The summed E-state index contributed by atoms with van der Waals surface area (Å²) >= 11 is 0. The Morgan fingerprint density at radius 2 is 1.48 bits per heavy atom. The minimum Gasteiger partial charge on any atom is -0.377 e. The summed E-state index contributed by atoms with van der Waals surface area (Å²) in [7, 11) is 0. The molecule has 0 bridgehead atoms. The van der Waals surface area contributed by atoms with Crippen LogP contribution < -0.4 is 5.32 Å². The summed E-state index contributed by atoms with van der Waals surface area (Å²) < 4.78 is 2.41. The molecule has 0 saturated carbocycles. The lowest BCUT2D eigenvalue weighted by Crippen LogP contribution is -2.25. The van der Waals surface area contributed by atoms with E-state index < -0.39 is 0 Å². The SMILES string of the molecule is C=C/C=C(\C=C/C)CN=C(N=C(N=C)c1ccc(-n2c3ccccc3c3ccc4c(c32)C(C)(C)C(c2ccccc2)N4)cc1)c1ccccc1. The Balaban J connectivity index is 1.33. The maximum Gasteiger partial charge on any atom is 0.161 e. The maximum atomic E-state index is 4.97. The van der Waals surface area contributed by atoms with E-state index in [0.29, 0.717) is 18.2 Å². The van der Waals surface area contributed by atoms with Gasteiger partial charge in [-0.1, -0.05) is 130 Å². The molecule has 5 nitrogen and oxygen atoms in total. The van der Waals surface area contributed by atoms with Crippen molar-refractivity contribution in [3.05, 3.63) is 180 Å². The van der Waals surface area contributed by atoms with Crippen LogP contribution in [0.25, 0.3) is 27.5 Å². The lowest BCUT2D eigenvalue weighted by atomic mass is 9.77. The van der Waals surface area contributed by atoms with Crippen LogP contribution in [0.2, 0.25) is 0 Å². The Kier molecular flexibility index (Phi) is 8.97. The number of para-hydroxylation sites is 1. The fourth-order valence-electron chi connectivity index (χ4n) is 7.25. The standard InChI is InChI=1S/C45H41N5/c1-6-16-31(17-7-2)30-47-44(33-20-12-9-13-21-33)49-43(46-5)34-24-26-35(27-25-34)50-39-23-15-14-22-36(39)37-28-29-38-40(41(37)50)45(3,4)42(48-38)32-18-10-8-11-19-32/h6-29,42,48H,1,5,30H2,2-4H3/b17-7-,31-16+,47-44?,49-43?. The highest BCUT2D eigenvalue weighted by Gasteiger charge is 2.42. The highest BCUT2D eigenvalue weighted by molar-refractivity contribution is 6.14. The van der Waals surface area contributed by atoms with Crippen molar-refractivity contribution in [1.29, 1.82) is 0 Å². The van der Waals surface area contributed by atoms with E-state index in [2.05, 4.69) is 133 Å². The molecule has 0 amide bonds. The van der Waals surface area contributed by atoms with Crippen molar-refractivity contribution in [2.75, 3.05) is 11.9 Å². The molecular formula is C45H41N5. The molecule has 0 saturated heterocycles. The van der Waals surface area contributed by atoms with Crippen molar-refractivity contribution in [1.82, 2.24) is 4.57 Å². The van der Waals surface area contributed by atoms with Crippen molar-refractivity contribution in [2.24, 2.45) is 15.0 Å². The summed E-state index contributed by atoms with van der Waals surface area (Å²) in [5.41, 5.74) is 9.88. The number of nitrogens with one attached hydrogen (secondary N) is 1. The van der Waals surface area contributed by atoms with Gasteiger partial charge in [0, 0.05) is 44.3 Å². The van der Waals surface area contributed by atoms with Gasteiger partial charge < -0.3 is 9.88 Å². The molecule has 0 aliphatic carbocycles. The van der Waals surface area contributed by atoms with Crippen molar-refractivity contribution in [3.63, 3.8) is 0 Å². The van der Waals surface area contributed by atoms with Gasteiger partial charge in [-0.25, -0.2) is 9.98 Å². The summed E-state index contributed by atoms with van der Waals surface area (Å²) in [6, 6.07) is 42.6. The summed E-state index contributed by atoms with van der Waals surface area (Å²) in [6.07, 6.45) is 7.77. The van der Waals surface area contributed by atoms with Crippen LogP contribution in [0.5, 0.6) is 0 Å². The van der Waals surface area contributed by atoms with E-state index in [-0.39, 0.29) is 11.5 Å². The van der Waals surface area contributed by atoms with E-state index in [4.69, 9.17) is 9.98 Å². The van der Waals surface area contributed by atoms with Gasteiger partial charge in [-0.3, -0.25) is 4.99 Å². The van der Waals surface area contributed by atoms with E-state index in [1.807, 2.05) is 55.5 Å². The predicted octanol–water partition coefficient (Wildman–Crippen LogP) is 10.8. The summed E-state index contributed by atoms with van der Waals surface area (Å²) in [6.45, 7) is 14.9. The molecule has 1 aliphatic rings. The zero-order valence-electron chi connectivity index (χ0n) is 28.8. The molecule has 0 spiro atoms. The smallest absolute Gasteiger partial charge is 0.161 e. The fourth-order valence-corrected chi connectivity index (χ4v) is 7.25. The minimum atomic E-state index is -0.171. The number of nitrogens with zero attached hydrogens (tertiary/aromatic N) is 4. The number of anilines is 1. The lowest BCUT2D eigenvalue weighted by molar-refractivity contribution is 0.476. The van der Waals surface area contributed by atoms with Gasteiger partial charge in [0.25, 0.3) is 0 Å². The van der Waals surface area contributed by atoms with Crippen LogP contribution in [0, 0.1) is 0 Å². The number of aliphatic imine (C=N–C) groups is 3. The van der Waals surface area contributed by atoms with Gasteiger partial charge in [-0.15, -0.1) is 0 Å². The molecule has 0 radical (unpaired) electrons. The van der Waals surface area contributed by atoms with Gasteiger partial charge in [0.1, 0.15) is 0 Å². The second-order valence-corrected chi connectivity index (χ2v) is 13.1. The average molecular weight is 652 g/mol. The van der Waals surface area contributed by atoms with Crippen molar-refractivity contribution in [2.45, 2.75) is 32.2 Å². The Labute approximate surface area is 294 Å². The van der Waals surface area contributed by atoms with Crippen LogP contribution in [0.1, 0.15) is 49.1 Å². The fraction of sp³-hybridized carbons (Fsp3) is 0.133. The van der Waals surface area contributed by atoms with Gasteiger partial charge in [0.05, 0.1) is 23.6 Å². The molecule has 1 aliphatic heterocycles. The number of aromatic nitrogens is 1. The molecule has 5 heteroatoms. The zero-order valence-corrected chi connectivity index (χ0v) is 28.8. The first-order chi connectivity index (χ1) is 24.4. The van der Waals surface area contributed by atoms with E-state index in [0.717, 1.165) is 22.4 Å². The van der Waals surface area contributed by atoms with Crippen LogP contribution in [0.3, 0.4) is 0 Å². The molecule has 6 aromatic rings. The van der Waals surface area contributed by atoms with Crippen molar-refractivity contribution >= 4 is 45.9 Å². The first-order valence-electron chi connectivity index (χ1n) is 17.0. The largest absolute Gasteiger partial charge is 0.377 e. The van der Waals surface area contributed by atoms with Crippen molar-refractivity contribution in [3.8, 4) is 5.69 Å². The summed E-state index contributed by atoms with van der Waals surface area (Å²) in [4.78, 5) is 14.3. The normalized spacial score (nSPS) is 16.1. The first-order valence-corrected chi connectivity index (χ1v) is 17.0. The predicted molar refractivity (Wildman–Crippen MR) is 214 cm³/mol. The van der Waals surface area contributed by atoms with Crippen LogP contribution >= 0.6 is 0 Å². The van der Waals surface area contributed by atoms with E-state index in [1.54, 1.807) is 6.08 Å². The Morgan fingerprint density at radius 1 is 0.800 bits per heavy atom. The number of benzene rings is 5. The average Bonchev–Trinajstić information content (AvgIpc) is 3.63. The molecule has 246 valence electrons. The highest BCUT2D eigenvalue weighted by Crippen LogP contribution is 2.52. The molecular weight excluding hydrogens is 611 g/mol. The van der Waals surface area contributed by atoms with Gasteiger partial charge in [0.2, 0.25) is 0 Å². The zero-order chi connectivity index (χ0) is 34.7. The molecule has 0 fully saturated rings. The number of hydrogen-bond donors (Lipinski definition) is 1. The van der Waals surface area contributed by atoms with E-state index in [9.17, 15) is 0 Å². The second kappa shape index (κ2) is 13.8. The molecule has 1 atom stereocenters. The lowest BCUT2D eigenvalue weighted by Gasteiger charge is -2.29. The van der Waals surface area contributed by atoms with E-state index >= 15 is 0 Å². The molecule has 5 aromatic carbocycles. The van der Waals surface area contributed by atoms with E-state index in [1.165, 1.54) is 38.6 Å². The van der Waals surface area contributed by atoms with Crippen molar-refractivity contribution < 1.29 is 0 Å². The van der Waals surface area contributed by atoms with Crippen LogP contribution in [-0.2, 0) is 5.41 Å². The van der Waals surface area contributed by atoms with Gasteiger partial charge in [0.15, 0.2) is 11.7 Å². The number of fused-ring (bicyclic) bond motifs is 5. The third kappa shape index (κ3) is 5.92. The molecule has 1 aromatic heterocycles.